The fraction of sp³-hybridized carbons (Fsp3) is 0.438. The van der Waals surface area contributed by atoms with Gasteiger partial charge in [0.05, 0.1) is 18.2 Å². The van der Waals surface area contributed by atoms with E-state index in [1.54, 1.807) is 4.90 Å². The molecule has 1 aliphatic heterocycles. The van der Waals surface area contributed by atoms with Gasteiger partial charge in [0.25, 0.3) is 0 Å². The number of nitrogens with zero attached hydrogens (tertiary/aromatic N) is 3. The number of aliphatic hydroxyl groups excluding tert-OH is 2. The minimum Gasteiger partial charge on any atom is -0.388 e. The lowest BCUT2D eigenvalue weighted by atomic mass is 9.73. The lowest BCUT2D eigenvalue weighted by molar-refractivity contribution is -0.0392. The van der Waals surface area contributed by atoms with Crippen LogP contribution < -0.4 is 5.32 Å². The molecule has 8 heteroatoms. The van der Waals surface area contributed by atoms with Gasteiger partial charge in [0.15, 0.2) is 5.82 Å². The van der Waals surface area contributed by atoms with E-state index in [1.807, 2.05) is 30.3 Å². The summed E-state index contributed by atoms with van der Waals surface area (Å²) in [7, 11) is 0. The number of urea groups is 1. The van der Waals surface area contributed by atoms with Crippen LogP contribution in [0.15, 0.2) is 30.3 Å². The summed E-state index contributed by atoms with van der Waals surface area (Å²) in [6.07, 6.45) is 0.593. The van der Waals surface area contributed by atoms with Gasteiger partial charge in [-0.3, -0.25) is 5.32 Å². The van der Waals surface area contributed by atoms with Gasteiger partial charge in [-0.05, 0) is 19.3 Å². The first-order valence-corrected chi connectivity index (χ1v) is 8.71. The van der Waals surface area contributed by atoms with Crippen LogP contribution in [0.4, 0.5) is 9.93 Å². The molecule has 2 atom stereocenters. The zero-order chi connectivity index (χ0) is 16.7. The van der Waals surface area contributed by atoms with Crippen molar-refractivity contribution in [1.82, 2.24) is 14.3 Å². The molecule has 1 saturated heterocycles. The minimum atomic E-state index is -0.898. The van der Waals surface area contributed by atoms with Gasteiger partial charge in [0.1, 0.15) is 6.10 Å². The first-order chi connectivity index (χ1) is 11.6. The van der Waals surface area contributed by atoms with Gasteiger partial charge in [0, 0.05) is 17.1 Å². The second-order valence-corrected chi connectivity index (χ2v) is 7.05. The number of rotatable bonds is 2. The number of likely N-dealkylation sites (tertiary alicyclic amines) is 1. The van der Waals surface area contributed by atoms with E-state index in [2.05, 4.69) is 14.7 Å². The van der Waals surface area contributed by atoms with E-state index in [9.17, 15) is 15.0 Å². The van der Waals surface area contributed by atoms with Gasteiger partial charge in [-0.15, -0.1) is 0 Å². The van der Waals surface area contributed by atoms with Crippen LogP contribution in [0, 0.1) is 0 Å². The molecule has 0 unspecified atom stereocenters. The average Bonchev–Trinajstić information content (AvgIpc) is 3.11. The zero-order valence-electron chi connectivity index (χ0n) is 12.9. The highest BCUT2D eigenvalue weighted by molar-refractivity contribution is 7.10. The molecule has 1 aromatic heterocycles. The summed E-state index contributed by atoms with van der Waals surface area (Å²) in [6.45, 7) is 0.136. The molecule has 2 amide bonds. The van der Waals surface area contributed by atoms with E-state index in [1.165, 1.54) is 0 Å². The molecule has 2 fully saturated rings. The second kappa shape index (κ2) is 5.80. The highest BCUT2D eigenvalue weighted by atomic mass is 32.1. The van der Waals surface area contributed by atoms with Crippen LogP contribution in [-0.4, -0.2) is 54.8 Å². The highest BCUT2D eigenvalue weighted by Gasteiger charge is 2.58. The third kappa shape index (κ3) is 2.38. The number of nitrogens with one attached hydrogen (secondary N) is 1. The lowest BCUT2D eigenvalue weighted by Gasteiger charge is -2.47. The molecule has 1 aromatic carbocycles. The number of benzene rings is 1. The summed E-state index contributed by atoms with van der Waals surface area (Å²) < 4.78 is 4.27. The number of β-amino-alcohol motifs (C(OH)–C–C–N with tert-alkyl or cyclic N) is 1. The summed E-state index contributed by atoms with van der Waals surface area (Å²) in [5.74, 6) is 0.566. The monoisotopic (exact) mass is 346 g/mol. The van der Waals surface area contributed by atoms with Crippen LogP contribution in [0.3, 0.4) is 0 Å². The largest absolute Gasteiger partial charge is 0.388 e. The van der Waals surface area contributed by atoms with Gasteiger partial charge in [0.2, 0.25) is 5.13 Å². The van der Waals surface area contributed by atoms with Gasteiger partial charge in [-0.25, -0.2) is 4.79 Å². The summed E-state index contributed by atoms with van der Waals surface area (Å²) in [5, 5.41) is 23.3. The summed E-state index contributed by atoms with van der Waals surface area (Å²) in [4.78, 5) is 18.5. The van der Waals surface area contributed by atoms with E-state index in [-0.39, 0.29) is 12.6 Å². The van der Waals surface area contributed by atoms with Crippen LogP contribution in [0.5, 0.6) is 0 Å². The first kappa shape index (κ1) is 15.5. The van der Waals surface area contributed by atoms with Gasteiger partial charge < -0.3 is 15.1 Å². The van der Waals surface area contributed by atoms with Crippen molar-refractivity contribution in [2.75, 3.05) is 11.9 Å². The Balaban J connectivity index is 1.50. The Morgan fingerprint density at radius 3 is 2.71 bits per heavy atom. The van der Waals surface area contributed by atoms with Gasteiger partial charge >= 0.3 is 6.03 Å². The van der Waals surface area contributed by atoms with Crippen molar-refractivity contribution in [2.24, 2.45) is 0 Å². The maximum atomic E-state index is 12.6. The van der Waals surface area contributed by atoms with E-state index >= 15 is 0 Å². The Kier molecular flexibility index (Phi) is 3.75. The third-order valence-electron chi connectivity index (χ3n) is 4.96. The SMILES string of the molecule is O=C(Nc1nc(-c2ccccc2)ns1)N1C[C@@H](O)[C@@H](O)C12CCC2. The van der Waals surface area contributed by atoms with Crippen LogP contribution in [0.2, 0.25) is 0 Å². The molecule has 7 nitrogen and oxygen atoms in total. The molecule has 1 spiro atoms. The molecule has 1 aliphatic carbocycles. The molecule has 0 radical (unpaired) electrons. The number of hydrogen-bond donors (Lipinski definition) is 3. The van der Waals surface area contributed by atoms with Crippen LogP contribution >= 0.6 is 11.5 Å². The number of aromatic nitrogens is 2. The number of hydrogen-bond acceptors (Lipinski definition) is 6. The van der Waals surface area contributed by atoms with Crippen molar-refractivity contribution in [2.45, 2.75) is 37.0 Å². The number of carbonyl (C=O) groups is 1. The molecule has 24 heavy (non-hydrogen) atoms. The Hall–Kier alpha value is -2.03. The average molecular weight is 346 g/mol. The van der Waals surface area contributed by atoms with Crippen molar-refractivity contribution in [3.8, 4) is 11.4 Å². The van der Waals surface area contributed by atoms with Gasteiger partial charge in [-0.1, -0.05) is 30.3 Å². The van der Waals surface area contributed by atoms with Crippen LogP contribution in [0.25, 0.3) is 11.4 Å². The molecule has 2 aromatic rings. The highest BCUT2D eigenvalue weighted by Crippen LogP contribution is 2.46. The summed E-state index contributed by atoms with van der Waals surface area (Å²) in [5.41, 5.74) is 0.257. The van der Waals surface area contributed by atoms with E-state index in [0.29, 0.717) is 23.8 Å². The van der Waals surface area contributed by atoms with Crippen molar-refractivity contribution >= 4 is 22.7 Å². The molecule has 0 bridgehead atoms. The van der Waals surface area contributed by atoms with Crippen molar-refractivity contribution < 1.29 is 15.0 Å². The Morgan fingerprint density at radius 1 is 1.29 bits per heavy atom. The smallest absolute Gasteiger partial charge is 0.324 e. The lowest BCUT2D eigenvalue weighted by Crippen LogP contribution is -2.58. The predicted octanol–water partition coefficient (Wildman–Crippen LogP) is 1.70. The molecule has 4 rings (SSSR count). The Morgan fingerprint density at radius 2 is 2.04 bits per heavy atom. The molecule has 2 heterocycles. The Labute approximate surface area is 143 Å². The zero-order valence-corrected chi connectivity index (χ0v) is 13.7. The Bertz CT molecular complexity index is 747. The van der Waals surface area contributed by atoms with Crippen LogP contribution in [-0.2, 0) is 0 Å². The molecular weight excluding hydrogens is 328 g/mol. The standard InChI is InChI=1S/C16H18N4O3S/c21-11-9-20(16(12(11)22)7-4-8-16)15(23)18-14-17-13(19-24-14)10-5-2-1-3-6-10/h1-3,5-6,11-12,21-22H,4,7-9H2,(H,17,18,19,23)/t11-,12-/m1/s1. The van der Waals surface area contributed by atoms with Crippen molar-refractivity contribution in [1.29, 1.82) is 0 Å². The van der Waals surface area contributed by atoms with Crippen LogP contribution in [0.1, 0.15) is 19.3 Å². The molecular formula is C16H18N4O3S. The number of aliphatic hydroxyl groups is 2. The number of anilines is 1. The van der Waals surface area contributed by atoms with E-state index in [0.717, 1.165) is 23.5 Å². The maximum Gasteiger partial charge on any atom is 0.324 e. The first-order valence-electron chi connectivity index (χ1n) is 7.94. The molecule has 3 N–H and O–H groups in total. The minimum absolute atomic E-state index is 0.136. The number of amides is 2. The quantitative estimate of drug-likeness (QED) is 0.769. The summed E-state index contributed by atoms with van der Waals surface area (Å²) >= 11 is 1.11. The van der Waals surface area contributed by atoms with Crippen molar-refractivity contribution in [3.05, 3.63) is 30.3 Å². The van der Waals surface area contributed by atoms with Gasteiger partial charge in [-0.2, -0.15) is 9.36 Å². The molecule has 1 saturated carbocycles. The normalized spacial score (nSPS) is 24.8. The molecule has 2 aliphatic rings. The van der Waals surface area contributed by atoms with E-state index in [4.69, 9.17) is 0 Å². The number of carbonyl (C=O) groups excluding carboxylic acids is 1. The second-order valence-electron chi connectivity index (χ2n) is 6.30. The topological polar surface area (TPSA) is 98.6 Å². The summed E-state index contributed by atoms with van der Waals surface area (Å²) in [6, 6.07) is 9.19. The fourth-order valence-corrected chi connectivity index (χ4v) is 4.09. The fourth-order valence-electron chi connectivity index (χ4n) is 3.51. The van der Waals surface area contributed by atoms with E-state index < -0.39 is 17.7 Å². The predicted molar refractivity (Wildman–Crippen MR) is 89.7 cm³/mol. The van der Waals surface area contributed by atoms with Crippen molar-refractivity contribution in [3.63, 3.8) is 0 Å². The maximum absolute atomic E-state index is 12.6. The third-order valence-corrected chi connectivity index (χ3v) is 5.59. The molecule has 126 valence electrons.